The third kappa shape index (κ3) is 4.40. The van der Waals surface area contributed by atoms with Crippen LogP contribution in [0.15, 0.2) is 0 Å². The maximum Gasteiger partial charge on any atom is 0.225 e. The van der Waals surface area contributed by atoms with Crippen molar-refractivity contribution in [1.29, 1.82) is 0 Å². The number of rotatable bonds is 5. The van der Waals surface area contributed by atoms with Gasteiger partial charge < -0.3 is 9.64 Å². The van der Waals surface area contributed by atoms with Gasteiger partial charge in [0.05, 0.1) is 12.9 Å². The molecule has 2 fully saturated rings. The largest absolute Gasteiger partial charge is 0.381 e. The quantitative estimate of drug-likeness (QED) is 0.742. The molecule has 122 valence electrons. The van der Waals surface area contributed by atoms with E-state index in [1.807, 2.05) is 11.8 Å². The number of carbonyl (C=O) groups excluding carboxylic acids is 1. The normalized spacial score (nSPS) is 25.1. The van der Waals surface area contributed by atoms with E-state index in [1.165, 1.54) is 10.6 Å². The first-order valence-electron chi connectivity index (χ1n) is 7.73. The molecule has 0 unspecified atom stereocenters. The summed E-state index contributed by atoms with van der Waals surface area (Å²) in [6.07, 6.45) is 3.51. The van der Waals surface area contributed by atoms with Gasteiger partial charge in [0.1, 0.15) is 0 Å². The summed E-state index contributed by atoms with van der Waals surface area (Å²) < 4.78 is 29.8. The first kappa shape index (κ1) is 16.7. The van der Waals surface area contributed by atoms with E-state index in [2.05, 4.69) is 0 Å². The van der Waals surface area contributed by atoms with Crippen molar-refractivity contribution in [3.63, 3.8) is 0 Å². The molecule has 7 heteroatoms. The van der Waals surface area contributed by atoms with Crippen LogP contribution < -0.4 is 0 Å². The van der Waals surface area contributed by atoms with Gasteiger partial charge in [-0.3, -0.25) is 4.79 Å². The predicted octanol–water partition coefficient (Wildman–Crippen LogP) is 0.543. The van der Waals surface area contributed by atoms with E-state index in [4.69, 9.17) is 4.74 Å². The third-order valence-corrected chi connectivity index (χ3v) is 5.77. The number of piperidine rings is 1. The average Bonchev–Trinajstić information content (AvgIpc) is 2.96. The fourth-order valence-corrected chi connectivity index (χ4v) is 3.98. The van der Waals surface area contributed by atoms with Crippen LogP contribution in [0.2, 0.25) is 0 Å². The number of hydrogen-bond acceptors (Lipinski definition) is 4. The Bertz CT molecular complexity index is 452. The molecule has 0 aromatic carbocycles. The second kappa shape index (κ2) is 7.07. The highest BCUT2D eigenvalue weighted by molar-refractivity contribution is 7.88. The minimum absolute atomic E-state index is 0.0368. The van der Waals surface area contributed by atoms with Gasteiger partial charge in [-0.05, 0) is 26.2 Å². The van der Waals surface area contributed by atoms with Crippen LogP contribution in [0.4, 0.5) is 0 Å². The van der Waals surface area contributed by atoms with Crippen LogP contribution in [-0.2, 0) is 19.6 Å². The van der Waals surface area contributed by atoms with Crippen molar-refractivity contribution < 1.29 is 17.9 Å². The van der Waals surface area contributed by atoms with Gasteiger partial charge in [0.2, 0.25) is 15.9 Å². The fraction of sp³-hybridized carbons (Fsp3) is 0.929. The highest BCUT2D eigenvalue weighted by Crippen LogP contribution is 2.23. The molecular formula is C14H26N2O4S. The highest BCUT2D eigenvalue weighted by atomic mass is 32.2. The lowest BCUT2D eigenvalue weighted by atomic mass is 9.96. The maximum absolute atomic E-state index is 12.6. The van der Waals surface area contributed by atoms with Gasteiger partial charge in [0.25, 0.3) is 0 Å². The van der Waals surface area contributed by atoms with Crippen molar-refractivity contribution in [2.75, 3.05) is 45.6 Å². The van der Waals surface area contributed by atoms with Gasteiger partial charge in [0.15, 0.2) is 0 Å². The molecule has 2 heterocycles. The third-order valence-electron chi connectivity index (χ3n) is 4.47. The van der Waals surface area contributed by atoms with Crippen LogP contribution in [-0.4, -0.2) is 69.2 Å². The van der Waals surface area contributed by atoms with Gasteiger partial charge in [-0.2, -0.15) is 0 Å². The summed E-state index contributed by atoms with van der Waals surface area (Å²) in [6, 6.07) is 0. The summed E-state index contributed by atoms with van der Waals surface area (Å²) in [6.45, 7) is 5.93. The van der Waals surface area contributed by atoms with Crippen LogP contribution >= 0.6 is 0 Å². The molecule has 2 saturated heterocycles. The number of nitrogens with zero attached hydrogens (tertiary/aromatic N) is 2. The van der Waals surface area contributed by atoms with E-state index in [9.17, 15) is 13.2 Å². The van der Waals surface area contributed by atoms with Crippen LogP contribution in [0.5, 0.6) is 0 Å². The standard InChI is InChI=1S/C14H26N2O4S/c1-3-15(10-12-6-9-20-11-12)14(17)13-4-7-16(8-5-13)21(2,18)19/h12-13H,3-11H2,1-2H3/t12-/m0/s1. The summed E-state index contributed by atoms with van der Waals surface area (Å²) >= 11 is 0. The summed E-state index contributed by atoms with van der Waals surface area (Å²) in [4.78, 5) is 14.5. The summed E-state index contributed by atoms with van der Waals surface area (Å²) in [5.41, 5.74) is 0. The molecule has 6 nitrogen and oxygen atoms in total. The Labute approximate surface area is 127 Å². The average molecular weight is 318 g/mol. The molecule has 2 aliphatic rings. The van der Waals surface area contributed by atoms with E-state index in [0.29, 0.717) is 38.4 Å². The molecule has 0 bridgehead atoms. The molecule has 2 aliphatic heterocycles. The number of sulfonamides is 1. The lowest BCUT2D eigenvalue weighted by molar-refractivity contribution is -0.137. The molecule has 1 amide bonds. The van der Waals surface area contributed by atoms with E-state index >= 15 is 0 Å². The number of hydrogen-bond donors (Lipinski definition) is 0. The van der Waals surface area contributed by atoms with Crippen LogP contribution in [0, 0.1) is 11.8 Å². The maximum atomic E-state index is 12.6. The molecule has 2 rings (SSSR count). The van der Waals surface area contributed by atoms with Crippen LogP contribution in [0.1, 0.15) is 26.2 Å². The van der Waals surface area contributed by atoms with Gasteiger partial charge in [-0.15, -0.1) is 0 Å². The Kier molecular flexibility index (Phi) is 5.62. The smallest absolute Gasteiger partial charge is 0.225 e. The zero-order valence-corrected chi connectivity index (χ0v) is 13.8. The van der Waals surface area contributed by atoms with Crippen LogP contribution in [0.3, 0.4) is 0 Å². The molecular weight excluding hydrogens is 292 g/mol. The zero-order valence-electron chi connectivity index (χ0n) is 13.0. The second-order valence-corrected chi connectivity index (χ2v) is 8.03. The Morgan fingerprint density at radius 3 is 2.43 bits per heavy atom. The Morgan fingerprint density at radius 1 is 1.29 bits per heavy atom. The monoisotopic (exact) mass is 318 g/mol. The first-order valence-corrected chi connectivity index (χ1v) is 9.58. The van der Waals surface area contributed by atoms with Gasteiger partial charge in [-0.1, -0.05) is 0 Å². The van der Waals surface area contributed by atoms with E-state index in [1.54, 1.807) is 0 Å². The van der Waals surface area contributed by atoms with Gasteiger partial charge >= 0.3 is 0 Å². The molecule has 0 aromatic rings. The van der Waals surface area contributed by atoms with Gasteiger partial charge in [-0.25, -0.2) is 12.7 Å². The van der Waals surface area contributed by atoms with Crippen molar-refractivity contribution in [3.8, 4) is 0 Å². The second-order valence-electron chi connectivity index (χ2n) is 6.04. The molecule has 0 radical (unpaired) electrons. The molecule has 0 aliphatic carbocycles. The SMILES string of the molecule is CCN(C[C@@H]1CCOC1)C(=O)C1CCN(S(C)(=O)=O)CC1. The van der Waals surface area contributed by atoms with E-state index < -0.39 is 10.0 Å². The van der Waals surface area contributed by atoms with E-state index in [0.717, 1.165) is 26.2 Å². The lowest BCUT2D eigenvalue weighted by Gasteiger charge is -2.33. The first-order chi connectivity index (χ1) is 9.91. The van der Waals surface area contributed by atoms with E-state index in [-0.39, 0.29) is 11.8 Å². The molecule has 0 spiro atoms. The Morgan fingerprint density at radius 2 is 1.95 bits per heavy atom. The Hall–Kier alpha value is -0.660. The molecule has 1 atom stereocenters. The van der Waals surface area contributed by atoms with Crippen molar-refractivity contribution >= 4 is 15.9 Å². The minimum Gasteiger partial charge on any atom is -0.381 e. The minimum atomic E-state index is -3.13. The fourth-order valence-electron chi connectivity index (χ4n) is 3.11. The molecule has 0 saturated carbocycles. The number of amides is 1. The summed E-state index contributed by atoms with van der Waals surface area (Å²) in [5.74, 6) is 0.591. The highest BCUT2D eigenvalue weighted by Gasteiger charge is 2.32. The zero-order chi connectivity index (χ0) is 15.5. The molecule has 21 heavy (non-hydrogen) atoms. The van der Waals surface area contributed by atoms with Crippen molar-refractivity contribution in [2.24, 2.45) is 11.8 Å². The predicted molar refractivity (Wildman–Crippen MR) is 80.3 cm³/mol. The van der Waals surface area contributed by atoms with Gasteiger partial charge in [0, 0.05) is 44.6 Å². The molecule has 0 N–H and O–H groups in total. The summed E-state index contributed by atoms with van der Waals surface area (Å²) in [5, 5.41) is 0. The molecule has 0 aromatic heterocycles. The van der Waals surface area contributed by atoms with Crippen LogP contribution in [0.25, 0.3) is 0 Å². The number of ether oxygens (including phenoxy) is 1. The topological polar surface area (TPSA) is 66.9 Å². The Balaban J connectivity index is 1.87. The lowest BCUT2D eigenvalue weighted by Crippen LogP contribution is -2.45. The number of carbonyl (C=O) groups is 1. The van der Waals surface area contributed by atoms with Crippen molar-refractivity contribution in [1.82, 2.24) is 9.21 Å². The summed E-state index contributed by atoms with van der Waals surface area (Å²) in [7, 11) is -3.13. The van der Waals surface area contributed by atoms with Crippen molar-refractivity contribution in [2.45, 2.75) is 26.2 Å². The van der Waals surface area contributed by atoms with Crippen molar-refractivity contribution in [3.05, 3.63) is 0 Å².